The predicted octanol–water partition coefficient (Wildman–Crippen LogP) is 3.94. The molecule has 1 aliphatic carbocycles. The summed E-state index contributed by atoms with van der Waals surface area (Å²) in [5, 5.41) is 1.33. The topological polar surface area (TPSA) is 15.8 Å². The van der Waals surface area contributed by atoms with Gasteiger partial charge in [-0.05, 0) is 18.1 Å². The number of rotatable bonds is 0. The van der Waals surface area contributed by atoms with Crippen LogP contribution in [-0.4, -0.2) is 4.98 Å². The molecule has 1 nitrogen and oxygen atoms in total. The van der Waals surface area contributed by atoms with E-state index in [1.165, 1.54) is 22.2 Å². The van der Waals surface area contributed by atoms with Crippen LogP contribution in [0.15, 0.2) is 60.7 Å². The van der Waals surface area contributed by atoms with Gasteiger partial charge in [0.25, 0.3) is 0 Å². The van der Waals surface area contributed by atoms with Crippen LogP contribution in [0, 0.1) is 0 Å². The summed E-state index contributed by atoms with van der Waals surface area (Å²) in [5.74, 6) is 0. The van der Waals surface area contributed by atoms with Crippen molar-refractivity contribution in [2.75, 3.05) is 0 Å². The van der Waals surface area contributed by atoms with Gasteiger partial charge in [0.15, 0.2) is 0 Å². The maximum atomic E-state index is 4.11. The van der Waals surface area contributed by atoms with E-state index in [0.717, 1.165) is 18.4 Å². The summed E-state index contributed by atoms with van der Waals surface area (Å²) < 4.78 is 0. The molecular weight excluding hydrogens is 206 g/mol. The van der Waals surface area contributed by atoms with Crippen molar-refractivity contribution in [1.82, 2.24) is 4.98 Å². The van der Waals surface area contributed by atoms with Crippen molar-refractivity contribution in [1.29, 1.82) is 0 Å². The van der Waals surface area contributed by atoms with E-state index >= 15 is 0 Å². The van der Waals surface area contributed by atoms with Crippen molar-refractivity contribution in [3.8, 4) is 0 Å². The molecule has 3 rings (SSSR count). The number of aromatic amines is 1. The van der Waals surface area contributed by atoms with Gasteiger partial charge >= 0.3 is 0 Å². The number of fused-ring (bicyclic) bond motifs is 3. The van der Waals surface area contributed by atoms with E-state index < -0.39 is 0 Å². The van der Waals surface area contributed by atoms with Crippen LogP contribution in [0.5, 0.6) is 0 Å². The van der Waals surface area contributed by atoms with Crippen molar-refractivity contribution >= 4 is 10.9 Å². The number of hydrogen-bond donors (Lipinski definition) is 1. The van der Waals surface area contributed by atoms with Gasteiger partial charge in [-0.15, -0.1) is 0 Å². The Bertz CT molecular complexity index is 626. The molecule has 1 heteroatoms. The molecule has 0 amide bonds. The highest BCUT2D eigenvalue weighted by Gasteiger charge is 2.10. The lowest BCUT2D eigenvalue weighted by Crippen LogP contribution is -1.91. The summed E-state index contributed by atoms with van der Waals surface area (Å²) in [6.07, 6.45) is 10.3. The largest absolute Gasteiger partial charge is 0.358 e. The first-order chi connectivity index (χ1) is 8.34. The molecule has 0 unspecified atom stereocenters. The van der Waals surface area contributed by atoms with E-state index in [-0.39, 0.29) is 0 Å². The number of benzene rings is 1. The van der Waals surface area contributed by atoms with E-state index in [4.69, 9.17) is 0 Å². The molecule has 0 aliphatic heterocycles. The maximum Gasteiger partial charge on any atom is 0.0459 e. The molecule has 1 aliphatic rings. The molecule has 0 bridgehead atoms. The summed E-state index contributed by atoms with van der Waals surface area (Å²) in [6, 6.07) is 8.49. The van der Waals surface area contributed by atoms with Gasteiger partial charge in [0, 0.05) is 23.0 Å². The molecule has 1 aromatic carbocycles. The predicted molar refractivity (Wildman–Crippen MR) is 73.1 cm³/mol. The van der Waals surface area contributed by atoms with E-state index in [0.29, 0.717) is 0 Å². The molecule has 17 heavy (non-hydrogen) atoms. The van der Waals surface area contributed by atoms with Crippen molar-refractivity contribution < 1.29 is 0 Å². The first-order valence-corrected chi connectivity index (χ1v) is 5.94. The zero-order chi connectivity index (χ0) is 11.7. The lowest BCUT2D eigenvalue weighted by atomic mass is 10.0. The molecule has 0 spiro atoms. The second kappa shape index (κ2) is 4.10. The zero-order valence-corrected chi connectivity index (χ0v) is 9.74. The minimum absolute atomic E-state index is 0.928. The lowest BCUT2D eigenvalue weighted by molar-refractivity contribution is 1.09. The average molecular weight is 221 g/mol. The minimum atomic E-state index is 0.928. The van der Waals surface area contributed by atoms with Gasteiger partial charge in [0.1, 0.15) is 0 Å². The van der Waals surface area contributed by atoms with Crippen LogP contribution in [0.2, 0.25) is 0 Å². The van der Waals surface area contributed by atoms with Crippen LogP contribution in [0.25, 0.3) is 10.9 Å². The third-order valence-electron chi connectivity index (χ3n) is 3.21. The van der Waals surface area contributed by atoms with E-state index in [9.17, 15) is 0 Å². The second-order valence-electron chi connectivity index (χ2n) is 4.45. The van der Waals surface area contributed by atoms with Crippen molar-refractivity contribution in [3.05, 3.63) is 72.0 Å². The van der Waals surface area contributed by atoms with E-state index in [2.05, 4.69) is 60.1 Å². The zero-order valence-electron chi connectivity index (χ0n) is 9.74. The molecule has 1 heterocycles. The van der Waals surface area contributed by atoms with Gasteiger partial charge in [0.2, 0.25) is 0 Å². The summed E-state index contributed by atoms with van der Waals surface area (Å²) in [6.45, 7) is 4.11. The second-order valence-corrected chi connectivity index (χ2v) is 4.45. The Balaban J connectivity index is 2.20. The van der Waals surface area contributed by atoms with E-state index in [1.807, 2.05) is 0 Å². The van der Waals surface area contributed by atoms with Crippen molar-refractivity contribution in [2.45, 2.75) is 12.8 Å². The molecule has 1 aromatic heterocycles. The highest BCUT2D eigenvalue weighted by atomic mass is 14.7. The van der Waals surface area contributed by atoms with Gasteiger partial charge in [0.05, 0.1) is 0 Å². The Morgan fingerprint density at radius 2 is 2.00 bits per heavy atom. The third-order valence-corrected chi connectivity index (χ3v) is 3.21. The number of aromatic nitrogens is 1. The molecule has 0 fully saturated rings. The highest BCUT2D eigenvalue weighted by Crippen LogP contribution is 2.26. The van der Waals surface area contributed by atoms with Crippen LogP contribution in [0.1, 0.15) is 11.3 Å². The number of para-hydroxylation sites is 1. The first kappa shape index (κ1) is 10.2. The normalized spacial score (nSPS) is 19.2. The third kappa shape index (κ3) is 1.84. The van der Waals surface area contributed by atoms with Crippen LogP contribution >= 0.6 is 0 Å². The summed E-state index contributed by atoms with van der Waals surface area (Å²) in [7, 11) is 0. The SMILES string of the molecule is C=C1/C=C\C=C/Cc2[nH]c3ccccc3c2C1. The molecule has 0 radical (unpaired) electrons. The highest BCUT2D eigenvalue weighted by molar-refractivity contribution is 5.85. The first-order valence-electron chi connectivity index (χ1n) is 5.94. The Labute approximate surface area is 101 Å². The average Bonchev–Trinajstić information content (AvgIpc) is 2.69. The monoisotopic (exact) mass is 221 g/mol. The van der Waals surface area contributed by atoms with Gasteiger partial charge in [-0.25, -0.2) is 0 Å². The molecule has 1 N–H and O–H groups in total. The number of allylic oxidation sites excluding steroid dienone is 5. The molecule has 2 aromatic rings. The van der Waals surface area contributed by atoms with E-state index in [1.54, 1.807) is 0 Å². The molecule has 0 saturated heterocycles. The molecular formula is C16H15N. The van der Waals surface area contributed by atoms with Crippen LogP contribution in [0.3, 0.4) is 0 Å². The summed E-state index contributed by atoms with van der Waals surface area (Å²) in [5.41, 5.74) is 5.08. The van der Waals surface area contributed by atoms with Gasteiger partial charge in [-0.2, -0.15) is 0 Å². The quantitative estimate of drug-likeness (QED) is 0.693. The summed E-state index contributed by atoms with van der Waals surface area (Å²) in [4.78, 5) is 3.51. The van der Waals surface area contributed by atoms with Crippen LogP contribution < -0.4 is 0 Å². The Hall–Kier alpha value is -2.02. The van der Waals surface area contributed by atoms with Crippen molar-refractivity contribution in [2.24, 2.45) is 0 Å². The number of hydrogen-bond acceptors (Lipinski definition) is 0. The Kier molecular flexibility index (Phi) is 2.45. The lowest BCUT2D eigenvalue weighted by Gasteiger charge is -2.02. The standard InChI is InChI=1S/C16H15N/c1-12-7-3-2-4-9-16-14(11-12)13-8-5-6-10-15(13)17-16/h2-8,10,17H,1,9,11H2/b4-2-,7-3-. The Morgan fingerprint density at radius 1 is 1.12 bits per heavy atom. The summed E-state index contributed by atoms with van der Waals surface area (Å²) >= 11 is 0. The Morgan fingerprint density at radius 3 is 2.94 bits per heavy atom. The van der Waals surface area contributed by atoms with Gasteiger partial charge < -0.3 is 4.98 Å². The minimum Gasteiger partial charge on any atom is -0.358 e. The molecule has 0 atom stereocenters. The molecule has 0 saturated carbocycles. The fourth-order valence-electron chi connectivity index (χ4n) is 2.37. The van der Waals surface area contributed by atoms with Gasteiger partial charge in [-0.1, -0.05) is 54.7 Å². The smallest absolute Gasteiger partial charge is 0.0459 e. The number of nitrogens with one attached hydrogen (secondary N) is 1. The molecule has 84 valence electrons. The fourth-order valence-corrected chi connectivity index (χ4v) is 2.37. The van der Waals surface area contributed by atoms with Crippen LogP contribution in [-0.2, 0) is 12.8 Å². The fraction of sp³-hybridized carbons (Fsp3) is 0.125. The number of H-pyrrole nitrogens is 1. The maximum absolute atomic E-state index is 4.11. The van der Waals surface area contributed by atoms with Crippen LogP contribution in [0.4, 0.5) is 0 Å². The van der Waals surface area contributed by atoms with Crippen molar-refractivity contribution in [3.63, 3.8) is 0 Å². The van der Waals surface area contributed by atoms with Gasteiger partial charge in [-0.3, -0.25) is 0 Å².